The molecule has 0 radical (unpaired) electrons. The highest BCUT2D eigenvalue weighted by Crippen LogP contribution is 2.39. The molecule has 0 amide bonds. The molecule has 10 heteroatoms. The maximum atomic E-state index is 13.1. The fourth-order valence-electron chi connectivity index (χ4n) is 2.37. The second-order valence-electron chi connectivity index (χ2n) is 7.50. The minimum Gasteiger partial charge on any atom is -0.395 e. The third-order valence-corrected chi connectivity index (χ3v) is 8.37. The summed E-state index contributed by atoms with van der Waals surface area (Å²) in [6.07, 6.45) is 0. The number of rotatable bonds is 6. The van der Waals surface area contributed by atoms with E-state index in [4.69, 9.17) is 4.52 Å². The second kappa shape index (κ2) is 7.02. The predicted octanol–water partition coefficient (Wildman–Crippen LogP) is 3.31. The number of hydrogen-bond acceptors (Lipinski definition) is 8. The van der Waals surface area contributed by atoms with Crippen LogP contribution >= 0.6 is 11.3 Å². The smallest absolute Gasteiger partial charge is 0.197 e. The number of aliphatic hydroxyl groups is 1. The molecule has 0 bridgehead atoms. The lowest BCUT2D eigenvalue weighted by Crippen LogP contribution is -2.29. The fourth-order valence-corrected chi connectivity index (χ4v) is 4.96. The summed E-state index contributed by atoms with van der Waals surface area (Å²) in [6, 6.07) is 6.32. The van der Waals surface area contributed by atoms with Crippen LogP contribution in [0.5, 0.6) is 0 Å². The van der Waals surface area contributed by atoms with Gasteiger partial charge in [-0.05, 0) is 38.1 Å². The van der Waals surface area contributed by atoms with Gasteiger partial charge in [-0.3, -0.25) is 0 Å². The number of halogens is 1. The van der Waals surface area contributed by atoms with Crippen molar-refractivity contribution in [3.8, 4) is 10.8 Å². The summed E-state index contributed by atoms with van der Waals surface area (Å²) in [5.41, 5.74) is -0.0274. The van der Waals surface area contributed by atoms with Gasteiger partial charge in [0.25, 0.3) is 0 Å². The zero-order chi connectivity index (χ0) is 20.7. The molecule has 0 spiro atoms. The molecule has 28 heavy (non-hydrogen) atoms. The van der Waals surface area contributed by atoms with E-state index in [9.17, 15) is 17.9 Å². The normalized spacial score (nSPS) is 13.1. The van der Waals surface area contributed by atoms with Crippen molar-refractivity contribution in [2.75, 3.05) is 6.61 Å². The van der Waals surface area contributed by atoms with Crippen molar-refractivity contribution in [1.82, 2.24) is 15.4 Å². The quantitative estimate of drug-likeness (QED) is 0.604. The van der Waals surface area contributed by atoms with E-state index < -0.39 is 25.8 Å². The van der Waals surface area contributed by atoms with E-state index in [0.29, 0.717) is 16.5 Å². The van der Waals surface area contributed by atoms with Gasteiger partial charge in [0, 0.05) is 11.5 Å². The van der Waals surface area contributed by atoms with Crippen molar-refractivity contribution in [3.05, 3.63) is 46.9 Å². The molecule has 3 aromatic rings. The van der Waals surface area contributed by atoms with E-state index >= 15 is 0 Å². The summed E-state index contributed by atoms with van der Waals surface area (Å²) >= 11 is 1.08. The summed E-state index contributed by atoms with van der Waals surface area (Å²) in [7, 11) is -3.84. The molecular weight excluding hydrogens is 405 g/mol. The molecule has 0 aliphatic heterocycles. The zero-order valence-corrected chi connectivity index (χ0v) is 17.4. The molecule has 1 aromatic carbocycles. The van der Waals surface area contributed by atoms with Crippen LogP contribution in [0.3, 0.4) is 0 Å². The van der Waals surface area contributed by atoms with E-state index in [1.807, 2.05) is 13.8 Å². The number of aliphatic hydroxyl groups excluding tert-OH is 1. The Morgan fingerprint density at radius 1 is 1.14 bits per heavy atom. The van der Waals surface area contributed by atoms with Crippen molar-refractivity contribution in [3.63, 3.8) is 0 Å². The van der Waals surface area contributed by atoms with Gasteiger partial charge < -0.3 is 9.63 Å². The summed E-state index contributed by atoms with van der Waals surface area (Å²) < 4.78 is 43.2. The first-order valence-corrected chi connectivity index (χ1v) is 10.7. The first-order chi connectivity index (χ1) is 13.0. The molecule has 0 saturated carbocycles. The van der Waals surface area contributed by atoms with Crippen LogP contribution in [0, 0.1) is 5.82 Å². The number of sulfone groups is 1. The molecule has 2 aromatic heterocycles. The fraction of sp³-hybridized carbons (Fsp3) is 0.389. The van der Waals surface area contributed by atoms with Crippen LogP contribution in [0.1, 0.15) is 38.4 Å². The Morgan fingerprint density at radius 3 is 2.39 bits per heavy atom. The number of nitrogens with zero attached hydrogens (tertiary/aromatic N) is 3. The van der Waals surface area contributed by atoms with Crippen molar-refractivity contribution in [2.45, 2.75) is 42.8 Å². The van der Waals surface area contributed by atoms with Crippen LogP contribution in [-0.4, -0.2) is 35.5 Å². The largest absolute Gasteiger partial charge is 0.395 e. The maximum Gasteiger partial charge on any atom is 0.197 e. The molecule has 0 aliphatic rings. The average Bonchev–Trinajstić information content (AvgIpc) is 3.31. The standard InChI is InChI=1S/C18H20FN3O4S2/c1-17(2,10-23)14-9-13(26-22-14)15-20-21-16(27-15)18(3,4)28(24,25)12-7-5-11(19)6-8-12/h5-9,23H,10H2,1-4H3. The van der Waals surface area contributed by atoms with E-state index in [1.165, 1.54) is 26.0 Å². The minimum absolute atomic E-state index is 0.00213. The molecule has 0 unspecified atom stereocenters. The van der Waals surface area contributed by atoms with Crippen LogP contribution in [0.15, 0.2) is 39.8 Å². The molecule has 7 nitrogen and oxygen atoms in total. The molecule has 1 N–H and O–H groups in total. The molecule has 0 aliphatic carbocycles. The Hall–Kier alpha value is -2.17. The van der Waals surface area contributed by atoms with Crippen LogP contribution in [0.2, 0.25) is 0 Å². The van der Waals surface area contributed by atoms with Crippen molar-refractivity contribution in [2.24, 2.45) is 0 Å². The lowest BCUT2D eigenvalue weighted by atomic mass is 9.90. The van der Waals surface area contributed by atoms with E-state index in [2.05, 4.69) is 15.4 Å². The first-order valence-electron chi connectivity index (χ1n) is 8.41. The highest BCUT2D eigenvalue weighted by molar-refractivity contribution is 7.92. The number of benzene rings is 1. The maximum absolute atomic E-state index is 13.1. The third-order valence-electron chi connectivity index (χ3n) is 4.55. The number of aromatic nitrogens is 3. The lowest BCUT2D eigenvalue weighted by molar-refractivity contribution is 0.210. The monoisotopic (exact) mass is 425 g/mol. The number of hydrogen-bond donors (Lipinski definition) is 1. The zero-order valence-electron chi connectivity index (χ0n) is 15.8. The Morgan fingerprint density at radius 2 is 1.79 bits per heavy atom. The van der Waals surface area contributed by atoms with Crippen LogP contribution in [-0.2, 0) is 20.0 Å². The average molecular weight is 426 g/mol. The van der Waals surface area contributed by atoms with Gasteiger partial charge in [-0.2, -0.15) is 0 Å². The van der Waals surface area contributed by atoms with E-state index in [0.717, 1.165) is 23.5 Å². The van der Waals surface area contributed by atoms with E-state index in [1.54, 1.807) is 6.07 Å². The minimum atomic E-state index is -3.84. The summed E-state index contributed by atoms with van der Waals surface area (Å²) in [4.78, 5) is 0.00213. The second-order valence-corrected chi connectivity index (χ2v) is 11.0. The van der Waals surface area contributed by atoms with Crippen molar-refractivity contribution < 1.29 is 22.4 Å². The van der Waals surface area contributed by atoms with Crippen molar-refractivity contribution >= 4 is 21.2 Å². The molecule has 150 valence electrons. The van der Waals surface area contributed by atoms with Crippen molar-refractivity contribution in [1.29, 1.82) is 0 Å². The Labute approximate surface area is 166 Å². The van der Waals surface area contributed by atoms with Gasteiger partial charge >= 0.3 is 0 Å². The lowest BCUT2D eigenvalue weighted by Gasteiger charge is -2.21. The highest BCUT2D eigenvalue weighted by Gasteiger charge is 2.41. The molecule has 0 fully saturated rings. The van der Waals surface area contributed by atoms with Gasteiger partial charge in [-0.1, -0.05) is 30.3 Å². The highest BCUT2D eigenvalue weighted by atomic mass is 32.2. The van der Waals surface area contributed by atoms with Crippen LogP contribution in [0.4, 0.5) is 4.39 Å². The predicted molar refractivity (Wildman–Crippen MR) is 102 cm³/mol. The van der Waals surface area contributed by atoms with Gasteiger partial charge in [0.15, 0.2) is 20.6 Å². The van der Waals surface area contributed by atoms with Gasteiger partial charge in [0.2, 0.25) is 0 Å². The molecule has 2 heterocycles. The Balaban J connectivity index is 1.95. The molecule has 0 atom stereocenters. The summed E-state index contributed by atoms with van der Waals surface area (Å²) in [5, 5.41) is 22.2. The summed E-state index contributed by atoms with van der Waals surface area (Å²) in [6.45, 7) is 6.58. The summed E-state index contributed by atoms with van der Waals surface area (Å²) in [5.74, 6) is -0.169. The molecular formula is C18H20FN3O4S2. The SMILES string of the molecule is CC(C)(CO)c1cc(-c2nnc(C(C)(C)S(=O)(=O)c3ccc(F)cc3)s2)on1. The molecule has 3 rings (SSSR count). The van der Waals surface area contributed by atoms with Gasteiger partial charge in [-0.15, -0.1) is 10.2 Å². The third kappa shape index (κ3) is 3.47. The van der Waals surface area contributed by atoms with Gasteiger partial charge in [-0.25, -0.2) is 12.8 Å². The van der Waals surface area contributed by atoms with Gasteiger partial charge in [0.05, 0.1) is 17.2 Å². The van der Waals surface area contributed by atoms with Gasteiger partial charge in [0.1, 0.15) is 15.6 Å². The van der Waals surface area contributed by atoms with Crippen LogP contribution < -0.4 is 0 Å². The Bertz CT molecular complexity index is 1090. The topological polar surface area (TPSA) is 106 Å². The van der Waals surface area contributed by atoms with E-state index in [-0.39, 0.29) is 16.5 Å². The first kappa shape index (κ1) is 20.6. The Kier molecular flexibility index (Phi) is 5.15. The molecule has 0 saturated heterocycles. The van der Waals surface area contributed by atoms with Crippen LogP contribution in [0.25, 0.3) is 10.8 Å².